The van der Waals surface area contributed by atoms with Crippen LogP contribution in [0, 0.1) is 0 Å². The van der Waals surface area contributed by atoms with E-state index in [1.165, 1.54) is 11.0 Å². The van der Waals surface area contributed by atoms with Crippen molar-refractivity contribution < 1.29 is 19.1 Å². The molecule has 0 aromatic rings. The van der Waals surface area contributed by atoms with E-state index in [-0.39, 0.29) is 12.4 Å². The second-order valence-electron chi connectivity index (χ2n) is 5.73. The van der Waals surface area contributed by atoms with Crippen molar-refractivity contribution in [3.8, 4) is 0 Å². The van der Waals surface area contributed by atoms with Gasteiger partial charge in [-0.2, -0.15) is 0 Å². The Morgan fingerprint density at radius 2 is 2.00 bits per heavy atom. The minimum Gasteiger partial charge on any atom is -0.444 e. The van der Waals surface area contributed by atoms with Crippen LogP contribution in [-0.2, 0) is 14.3 Å². The molecule has 0 bridgehead atoms. The molecule has 0 radical (unpaired) electrons. The summed E-state index contributed by atoms with van der Waals surface area (Å²) in [7, 11) is 0. The van der Waals surface area contributed by atoms with Crippen LogP contribution in [-0.4, -0.2) is 40.8 Å². The van der Waals surface area contributed by atoms with Crippen molar-refractivity contribution in [3.63, 3.8) is 0 Å². The van der Waals surface area contributed by atoms with Crippen LogP contribution in [0.15, 0.2) is 12.7 Å². The van der Waals surface area contributed by atoms with E-state index >= 15 is 0 Å². The predicted molar refractivity (Wildman–Crippen MR) is 67.1 cm³/mol. The van der Waals surface area contributed by atoms with Crippen molar-refractivity contribution in [1.82, 2.24) is 4.90 Å². The van der Waals surface area contributed by atoms with Gasteiger partial charge >= 0.3 is 6.09 Å². The number of carbonyl (C=O) groups is 2. The summed E-state index contributed by atoms with van der Waals surface area (Å²) >= 11 is 0. The quantitative estimate of drug-likeness (QED) is 0.709. The molecule has 0 unspecified atom stereocenters. The zero-order chi connectivity index (χ0) is 14.1. The highest BCUT2D eigenvalue weighted by atomic mass is 16.6. The molecule has 102 valence electrons. The van der Waals surface area contributed by atoms with Crippen LogP contribution >= 0.6 is 0 Å². The van der Waals surface area contributed by atoms with Crippen LogP contribution in [0.2, 0.25) is 0 Å². The van der Waals surface area contributed by atoms with Gasteiger partial charge in [-0.15, -0.1) is 0 Å². The lowest BCUT2D eigenvalue weighted by Crippen LogP contribution is -2.51. The van der Waals surface area contributed by atoms with E-state index in [1.807, 2.05) is 0 Å². The summed E-state index contributed by atoms with van der Waals surface area (Å²) in [6.45, 7) is 12.4. The number of hydrogen-bond acceptors (Lipinski definition) is 4. The van der Waals surface area contributed by atoms with Crippen LogP contribution in [0.1, 0.15) is 34.6 Å². The average Bonchev–Trinajstić information content (AvgIpc) is 2.50. The summed E-state index contributed by atoms with van der Waals surface area (Å²) in [6.07, 6.45) is 0.650. The minimum atomic E-state index is -0.855. The first-order chi connectivity index (χ1) is 8.08. The smallest absolute Gasteiger partial charge is 0.413 e. The lowest BCUT2D eigenvalue weighted by Gasteiger charge is -2.34. The van der Waals surface area contributed by atoms with Gasteiger partial charge in [-0.05, 0) is 40.7 Å². The number of rotatable bonds is 2. The molecular weight excluding hydrogens is 234 g/mol. The SMILES string of the molecule is C=CC(=O)[C@@H]1COC(C)(C)N1C(=O)OC(C)(C)C. The predicted octanol–water partition coefficient (Wildman–Crippen LogP) is 2.11. The van der Waals surface area contributed by atoms with Gasteiger partial charge in [0.2, 0.25) is 0 Å². The van der Waals surface area contributed by atoms with E-state index in [0.29, 0.717) is 0 Å². The highest BCUT2D eigenvalue weighted by Crippen LogP contribution is 2.29. The first-order valence-electron chi connectivity index (χ1n) is 5.91. The monoisotopic (exact) mass is 255 g/mol. The summed E-state index contributed by atoms with van der Waals surface area (Å²) in [6, 6.07) is -0.660. The molecule has 0 aromatic carbocycles. The number of nitrogens with zero attached hydrogens (tertiary/aromatic N) is 1. The van der Waals surface area contributed by atoms with Crippen LogP contribution in [0.4, 0.5) is 4.79 Å². The summed E-state index contributed by atoms with van der Waals surface area (Å²) in [4.78, 5) is 25.2. The third-order valence-electron chi connectivity index (χ3n) is 2.61. The average molecular weight is 255 g/mol. The first-order valence-corrected chi connectivity index (χ1v) is 5.91. The summed E-state index contributed by atoms with van der Waals surface area (Å²) in [5.74, 6) is -0.244. The van der Waals surface area contributed by atoms with Crippen molar-refractivity contribution in [1.29, 1.82) is 0 Å². The van der Waals surface area contributed by atoms with Crippen LogP contribution < -0.4 is 0 Å². The van der Waals surface area contributed by atoms with Gasteiger partial charge in [0.25, 0.3) is 0 Å². The number of ketones is 1. The molecule has 18 heavy (non-hydrogen) atoms. The van der Waals surface area contributed by atoms with E-state index in [9.17, 15) is 9.59 Å². The van der Waals surface area contributed by atoms with Crippen LogP contribution in [0.25, 0.3) is 0 Å². The van der Waals surface area contributed by atoms with Crippen molar-refractivity contribution >= 4 is 11.9 Å². The number of carbonyl (C=O) groups excluding carboxylic acids is 2. The van der Waals surface area contributed by atoms with E-state index in [2.05, 4.69) is 6.58 Å². The zero-order valence-corrected chi connectivity index (χ0v) is 11.6. The lowest BCUT2D eigenvalue weighted by atomic mass is 10.1. The molecule has 5 nitrogen and oxygen atoms in total. The molecule has 1 fully saturated rings. The van der Waals surface area contributed by atoms with Gasteiger partial charge in [-0.25, -0.2) is 4.79 Å². The normalized spacial score (nSPS) is 22.7. The maximum Gasteiger partial charge on any atom is 0.413 e. The molecule has 1 rings (SSSR count). The molecule has 0 N–H and O–H groups in total. The first kappa shape index (κ1) is 14.7. The van der Waals surface area contributed by atoms with Crippen molar-refractivity contribution in [3.05, 3.63) is 12.7 Å². The van der Waals surface area contributed by atoms with Gasteiger partial charge in [-0.3, -0.25) is 9.69 Å². The Balaban J connectivity index is 2.95. The van der Waals surface area contributed by atoms with Gasteiger partial charge in [0.1, 0.15) is 17.4 Å². The zero-order valence-electron chi connectivity index (χ0n) is 11.6. The van der Waals surface area contributed by atoms with Crippen LogP contribution in [0.3, 0.4) is 0 Å². The second-order valence-corrected chi connectivity index (χ2v) is 5.73. The summed E-state index contributed by atoms with van der Waals surface area (Å²) < 4.78 is 10.8. The highest BCUT2D eigenvalue weighted by molar-refractivity contribution is 5.96. The fraction of sp³-hybridized carbons (Fsp3) is 0.692. The molecule has 5 heteroatoms. The molecule has 1 atom stereocenters. The molecule has 1 amide bonds. The van der Waals surface area contributed by atoms with Gasteiger partial charge in [0.05, 0.1) is 6.61 Å². The van der Waals surface area contributed by atoms with Crippen molar-refractivity contribution in [2.45, 2.75) is 52.0 Å². The number of amides is 1. The Kier molecular flexibility index (Phi) is 3.86. The number of hydrogen-bond donors (Lipinski definition) is 0. The Bertz CT molecular complexity index is 368. The van der Waals surface area contributed by atoms with Gasteiger partial charge < -0.3 is 9.47 Å². The second kappa shape index (κ2) is 4.72. The Morgan fingerprint density at radius 3 is 2.44 bits per heavy atom. The van der Waals surface area contributed by atoms with Gasteiger partial charge in [-0.1, -0.05) is 6.58 Å². The number of ether oxygens (including phenoxy) is 2. The molecule has 0 saturated carbocycles. The fourth-order valence-corrected chi connectivity index (χ4v) is 1.81. The molecule has 1 heterocycles. The Labute approximate surface area is 108 Å². The lowest BCUT2D eigenvalue weighted by molar-refractivity contribution is -0.120. The van der Waals surface area contributed by atoms with Crippen LogP contribution in [0.5, 0.6) is 0 Å². The highest BCUT2D eigenvalue weighted by Gasteiger charge is 2.47. The third kappa shape index (κ3) is 3.10. The van der Waals surface area contributed by atoms with Gasteiger partial charge in [0, 0.05) is 0 Å². The summed E-state index contributed by atoms with van der Waals surface area (Å²) in [5.41, 5.74) is -1.47. The van der Waals surface area contributed by atoms with E-state index in [1.54, 1.807) is 34.6 Å². The molecule has 1 aliphatic heterocycles. The van der Waals surface area contributed by atoms with E-state index in [0.717, 1.165) is 0 Å². The maximum absolute atomic E-state index is 12.1. The van der Waals surface area contributed by atoms with Gasteiger partial charge in [0.15, 0.2) is 5.78 Å². The Morgan fingerprint density at radius 1 is 1.44 bits per heavy atom. The molecule has 0 aliphatic carbocycles. The summed E-state index contributed by atoms with van der Waals surface area (Å²) in [5, 5.41) is 0. The molecule has 0 spiro atoms. The third-order valence-corrected chi connectivity index (χ3v) is 2.61. The Hall–Kier alpha value is -1.36. The molecular formula is C13H21NO4. The minimum absolute atomic E-state index is 0.164. The van der Waals surface area contributed by atoms with E-state index in [4.69, 9.17) is 9.47 Å². The molecule has 1 saturated heterocycles. The fourth-order valence-electron chi connectivity index (χ4n) is 1.81. The molecule has 0 aromatic heterocycles. The standard InChI is InChI=1S/C13H21NO4/c1-7-10(15)9-8-17-13(5,6)14(9)11(16)18-12(2,3)4/h7,9H,1,8H2,2-6H3/t9-/m0/s1. The largest absolute Gasteiger partial charge is 0.444 e. The maximum atomic E-state index is 12.1. The van der Waals surface area contributed by atoms with Crippen molar-refractivity contribution in [2.24, 2.45) is 0 Å². The van der Waals surface area contributed by atoms with E-state index < -0.39 is 23.5 Å². The topological polar surface area (TPSA) is 55.8 Å². The van der Waals surface area contributed by atoms with Crippen molar-refractivity contribution in [2.75, 3.05) is 6.61 Å². The molecule has 1 aliphatic rings.